The molecule has 0 unspecified atom stereocenters. The number of ether oxygens (including phenoxy) is 2. The zero-order valence-electron chi connectivity index (χ0n) is 13.9. The van der Waals surface area contributed by atoms with E-state index in [0.717, 1.165) is 27.1 Å². The predicted molar refractivity (Wildman–Crippen MR) is 97.7 cm³/mol. The van der Waals surface area contributed by atoms with Crippen LogP contribution in [0.3, 0.4) is 0 Å². The first-order valence-corrected chi connectivity index (χ1v) is 8.86. The standard InChI is InChI=1S/C18H14N4O3S/c1-23-13-3-2-4-14-15(13)19-18(26-14)20-17-22-21-16(25-17)10-5-6-11-8-24-9-12(11)7-10/h2-7H,8-9H2,1H3,(H,19,20,22). The Bertz CT molecular complexity index is 1100. The van der Waals surface area contributed by atoms with Gasteiger partial charge in [-0.1, -0.05) is 28.6 Å². The lowest BCUT2D eigenvalue weighted by Gasteiger charge is -1.99. The highest BCUT2D eigenvalue weighted by Gasteiger charge is 2.16. The van der Waals surface area contributed by atoms with Crippen LogP contribution in [-0.4, -0.2) is 22.3 Å². The van der Waals surface area contributed by atoms with Gasteiger partial charge in [0.1, 0.15) is 11.3 Å². The van der Waals surface area contributed by atoms with Crippen LogP contribution in [0, 0.1) is 0 Å². The Morgan fingerprint density at radius 3 is 2.96 bits per heavy atom. The van der Waals surface area contributed by atoms with Gasteiger partial charge in [0, 0.05) is 5.56 Å². The van der Waals surface area contributed by atoms with E-state index in [-0.39, 0.29) is 0 Å². The van der Waals surface area contributed by atoms with Gasteiger partial charge in [0.25, 0.3) is 0 Å². The van der Waals surface area contributed by atoms with Crippen molar-refractivity contribution in [2.45, 2.75) is 13.2 Å². The van der Waals surface area contributed by atoms with Crippen molar-refractivity contribution in [1.29, 1.82) is 0 Å². The first-order chi connectivity index (χ1) is 12.8. The van der Waals surface area contributed by atoms with Gasteiger partial charge < -0.3 is 13.9 Å². The summed E-state index contributed by atoms with van der Waals surface area (Å²) >= 11 is 1.50. The number of nitrogens with one attached hydrogen (secondary N) is 1. The van der Waals surface area contributed by atoms with Crippen molar-refractivity contribution in [3.05, 3.63) is 47.5 Å². The zero-order chi connectivity index (χ0) is 17.5. The number of para-hydroxylation sites is 1. The number of thiazole rings is 1. The van der Waals surface area contributed by atoms with Crippen LogP contribution >= 0.6 is 11.3 Å². The van der Waals surface area contributed by atoms with Crippen molar-refractivity contribution in [1.82, 2.24) is 15.2 Å². The van der Waals surface area contributed by atoms with E-state index in [1.54, 1.807) is 7.11 Å². The monoisotopic (exact) mass is 366 g/mol. The zero-order valence-corrected chi connectivity index (χ0v) is 14.7. The summed E-state index contributed by atoms with van der Waals surface area (Å²) in [4.78, 5) is 4.55. The Morgan fingerprint density at radius 2 is 2.04 bits per heavy atom. The van der Waals surface area contributed by atoms with Crippen LogP contribution in [0.25, 0.3) is 21.7 Å². The molecule has 1 aliphatic heterocycles. The summed E-state index contributed by atoms with van der Waals surface area (Å²) in [6, 6.07) is 12.1. The van der Waals surface area contributed by atoms with E-state index in [1.165, 1.54) is 16.9 Å². The molecule has 2 aromatic carbocycles. The molecule has 5 rings (SSSR count). The van der Waals surface area contributed by atoms with Crippen LogP contribution in [0.1, 0.15) is 11.1 Å². The van der Waals surface area contributed by atoms with Gasteiger partial charge in [0.2, 0.25) is 5.89 Å². The first kappa shape index (κ1) is 15.3. The molecule has 7 nitrogen and oxygen atoms in total. The molecule has 0 bridgehead atoms. The van der Waals surface area contributed by atoms with Gasteiger partial charge in [0.15, 0.2) is 5.13 Å². The van der Waals surface area contributed by atoms with Crippen molar-refractivity contribution in [2.75, 3.05) is 12.4 Å². The lowest BCUT2D eigenvalue weighted by atomic mass is 10.1. The molecule has 0 spiro atoms. The molecular formula is C18H14N4O3S. The minimum atomic E-state index is 0.301. The van der Waals surface area contributed by atoms with E-state index in [4.69, 9.17) is 13.9 Å². The van der Waals surface area contributed by atoms with E-state index < -0.39 is 0 Å². The van der Waals surface area contributed by atoms with E-state index in [9.17, 15) is 0 Å². The van der Waals surface area contributed by atoms with Crippen molar-refractivity contribution < 1.29 is 13.9 Å². The third-order valence-corrected chi connectivity index (χ3v) is 5.15. The summed E-state index contributed by atoms with van der Waals surface area (Å²) in [6.07, 6.45) is 0. The van der Waals surface area contributed by atoms with Crippen molar-refractivity contribution >= 4 is 32.7 Å². The minimum absolute atomic E-state index is 0.301. The molecule has 3 heterocycles. The Morgan fingerprint density at radius 1 is 1.12 bits per heavy atom. The second kappa shape index (κ2) is 6.08. The molecule has 1 N–H and O–H groups in total. The van der Waals surface area contributed by atoms with Crippen LogP contribution in [0.2, 0.25) is 0 Å². The molecule has 0 radical (unpaired) electrons. The molecule has 8 heteroatoms. The van der Waals surface area contributed by atoms with Crippen LogP contribution in [-0.2, 0) is 18.0 Å². The summed E-state index contributed by atoms with van der Waals surface area (Å²) < 4.78 is 17.6. The van der Waals surface area contributed by atoms with Gasteiger partial charge in [-0.05, 0) is 35.4 Å². The summed E-state index contributed by atoms with van der Waals surface area (Å²) in [6.45, 7) is 1.28. The number of anilines is 2. The van der Waals surface area contributed by atoms with E-state index >= 15 is 0 Å². The maximum Gasteiger partial charge on any atom is 0.322 e. The third-order valence-electron chi connectivity index (χ3n) is 4.21. The van der Waals surface area contributed by atoms with E-state index in [1.807, 2.05) is 36.4 Å². The lowest BCUT2D eigenvalue weighted by Crippen LogP contribution is -1.89. The molecule has 0 amide bonds. The van der Waals surface area contributed by atoms with Crippen molar-refractivity contribution in [2.24, 2.45) is 0 Å². The number of aromatic nitrogens is 3. The number of methoxy groups -OCH3 is 1. The molecule has 2 aromatic heterocycles. The maximum atomic E-state index is 5.75. The number of benzene rings is 2. The summed E-state index contributed by atoms with van der Waals surface area (Å²) in [5.74, 6) is 1.19. The average Bonchev–Trinajstić information content (AvgIpc) is 3.39. The topological polar surface area (TPSA) is 82.3 Å². The fourth-order valence-electron chi connectivity index (χ4n) is 2.93. The highest BCUT2D eigenvalue weighted by atomic mass is 32.1. The Kier molecular flexibility index (Phi) is 3.58. The highest BCUT2D eigenvalue weighted by molar-refractivity contribution is 7.22. The second-order valence-electron chi connectivity index (χ2n) is 5.84. The van der Waals surface area contributed by atoms with Crippen molar-refractivity contribution in [3.8, 4) is 17.2 Å². The van der Waals surface area contributed by atoms with Gasteiger partial charge in [-0.3, -0.25) is 5.32 Å². The Balaban J connectivity index is 1.42. The molecule has 130 valence electrons. The van der Waals surface area contributed by atoms with E-state index in [2.05, 4.69) is 20.5 Å². The molecule has 0 fully saturated rings. The number of nitrogens with zero attached hydrogens (tertiary/aromatic N) is 3. The predicted octanol–water partition coefficient (Wildman–Crippen LogP) is 4.13. The van der Waals surface area contributed by atoms with Gasteiger partial charge in [-0.2, -0.15) is 0 Å². The quantitative estimate of drug-likeness (QED) is 0.581. The second-order valence-corrected chi connectivity index (χ2v) is 6.87. The molecule has 0 aliphatic carbocycles. The Labute approximate surface area is 152 Å². The first-order valence-electron chi connectivity index (χ1n) is 8.04. The van der Waals surface area contributed by atoms with Crippen LogP contribution in [0.5, 0.6) is 5.75 Å². The summed E-state index contributed by atoms with van der Waals surface area (Å²) in [7, 11) is 1.63. The van der Waals surface area contributed by atoms with Crippen LogP contribution in [0.15, 0.2) is 40.8 Å². The minimum Gasteiger partial charge on any atom is -0.494 e. The average molecular weight is 366 g/mol. The third kappa shape index (κ3) is 2.59. The van der Waals surface area contributed by atoms with Gasteiger partial charge in [-0.15, -0.1) is 5.10 Å². The molecule has 4 aromatic rings. The van der Waals surface area contributed by atoms with E-state index in [0.29, 0.717) is 30.3 Å². The maximum absolute atomic E-state index is 5.75. The molecule has 0 saturated carbocycles. The molecule has 0 atom stereocenters. The fourth-order valence-corrected chi connectivity index (χ4v) is 3.80. The Hall–Kier alpha value is -2.97. The fraction of sp³-hybridized carbons (Fsp3) is 0.167. The molecular weight excluding hydrogens is 352 g/mol. The number of hydrogen-bond donors (Lipinski definition) is 1. The lowest BCUT2D eigenvalue weighted by molar-refractivity contribution is 0.134. The van der Waals surface area contributed by atoms with Crippen molar-refractivity contribution in [3.63, 3.8) is 0 Å². The smallest absolute Gasteiger partial charge is 0.322 e. The largest absolute Gasteiger partial charge is 0.494 e. The SMILES string of the molecule is COc1cccc2sc(Nc3nnc(-c4ccc5c(c4)COC5)o3)nc12. The molecule has 1 aliphatic rings. The molecule has 0 saturated heterocycles. The number of hydrogen-bond acceptors (Lipinski definition) is 8. The number of rotatable bonds is 4. The van der Waals surface area contributed by atoms with Gasteiger partial charge >= 0.3 is 6.01 Å². The number of fused-ring (bicyclic) bond motifs is 2. The summed E-state index contributed by atoms with van der Waals surface area (Å²) in [5, 5.41) is 11.9. The summed E-state index contributed by atoms with van der Waals surface area (Å²) in [5.41, 5.74) is 4.05. The van der Waals surface area contributed by atoms with Crippen LogP contribution < -0.4 is 10.1 Å². The van der Waals surface area contributed by atoms with Crippen LogP contribution in [0.4, 0.5) is 11.1 Å². The normalized spacial score (nSPS) is 13.1. The highest BCUT2D eigenvalue weighted by Crippen LogP contribution is 2.34. The van der Waals surface area contributed by atoms with Gasteiger partial charge in [-0.25, -0.2) is 4.98 Å². The van der Waals surface area contributed by atoms with Gasteiger partial charge in [0.05, 0.1) is 25.0 Å². The molecule has 26 heavy (non-hydrogen) atoms.